The standard InChI is InChI=1S/C44H60O12/c1-20(16-21(2)17-32(45)26(7)41(50)51)12-10-9-11-13-28-23(4)18-31-29(15-14-22(3)40(31)55-44-39(49)38(48)37(47)27(8)54-44)36-35(28)34-25(6)33(46)19-30(34)24(5)42(52)56-43(36)53/h9-13,18,21-22,25-29,31-33,36-37,39-40,44-47,49H,14-17,19H2,1-8H3,(H,50,51)/b10-9+,13-11+,20-12+,30-24?,35-34?/t21-,22+,25+,26+,27-,28+,29+,31-,32-,33-,36-,37-,39-,40-,44+/m0/s1. The van der Waals surface area contributed by atoms with Crippen LogP contribution in [0.3, 0.4) is 0 Å². The number of aliphatic carboxylic acids is 1. The van der Waals surface area contributed by atoms with Crippen LogP contribution >= 0.6 is 0 Å². The Kier molecular flexibility index (Phi) is 14.0. The second-order valence-electron chi connectivity index (χ2n) is 17.0. The number of carbonyl (C=O) groups is 4. The van der Waals surface area contributed by atoms with Crippen molar-refractivity contribution in [2.45, 2.75) is 130 Å². The highest BCUT2D eigenvalue weighted by Crippen LogP contribution is 2.54. The third kappa shape index (κ3) is 8.95. The molecular formula is C44H60O12. The fourth-order valence-corrected chi connectivity index (χ4v) is 9.45. The summed E-state index contributed by atoms with van der Waals surface area (Å²) in [5.74, 6) is -6.51. The molecule has 308 valence electrons. The van der Waals surface area contributed by atoms with Gasteiger partial charge in [-0.1, -0.05) is 68.4 Å². The van der Waals surface area contributed by atoms with Crippen molar-refractivity contribution in [1.82, 2.24) is 0 Å². The highest BCUT2D eigenvalue weighted by Gasteiger charge is 2.53. The molecule has 12 heteroatoms. The van der Waals surface area contributed by atoms with E-state index in [9.17, 15) is 44.7 Å². The van der Waals surface area contributed by atoms with Crippen molar-refractivity contribution >= 4 is 23.7 Å². The van der Waals surface area contributed by atoms with Crippen LogP contribution in [-0.2, 0) is 33.4 Å². The Morgan fingerprint density at radius 2 is 1.71 bits per heavy atom. The number of esters is 2. The predicted molar refractivity (Wildman–Crippen MR) is 206 cm³/mol. The van der Waals surface area contributed by atoms with Crippen molar-refractivity contribution in [3.05, 3.63) is 69.9 Å². The summed E-state index contributed by atoms with van der Waals surface area (Å²) in [5.41, 5.74) is 4.56. The number of aliphatic hydroxyl groups is 4. The summed E-state index contributed by atoms with van der Waals surface area (Å²) in [6, 6.07) is 0. The van der Waals surface area contributed by atoms with Crippen molar-refractivity contribution in [2.24, 2.45) is 47.3 Å². The Labute approximate surface area is 329 Å². The molecule has 56 heavy (non-hydrogen) atoms. The van der Waals surface area contributed by atoms with E-state index in [0.717, 1.165) is 22.3 Å². The maximum Gasteiger partial charge on any atom is 0.341 e. The number of hydrogen-bond donors (Lipinski definition) is 5. The third-order valence-electron chi connectivity index (χ3n) is 12.8. The number of Topliss-reactive ketones (excluding diaryl/α,β-unsaturated/α-hetero) is 1. The maximum atomic E-state index is 14.4. The monoisotopic (exact) mass is 780 g/mol. The molecule has 0 unspecified atom stereocenters. The minimum Gasteiger partial charge on any atom is -0.481 e. The van der Waals surface area contributed by atoms with E-state index >= 15 is 0 Å². The lowest BCUT2D eigenvalue weighted by Gasteiger charge is -2.45. The van der Waals surface area contributed by atoms with Crippen molar-refractivity contribution in [3.63, 3.8) is 0 Å². The van der Waals surface area contributed by atoms with Gasteiger partial charge in [0.2, 0.25) is 0 Å². The summed E-state index contributed by atoms with van der Waals surface area (Å²) in [7, 11) is 0. The number of ketones is 1. The fourth-order valence-electron chi connectivity index (χ4n) is 9.45. The number of aliphatic hydroxyl groups excluding tert-OH is 4. The number of ether oxygens (including phenoxy) is 3. The molecule has 0 amide bonds. The number of carboxylic acids is 1. The summed E-state index contributed by atoms with van der Waals surface area (Å²) in [4.78, 5) is 51.7. The Hall–Kier alpha value is -3.52. The van der Waals surface area contributed by atoms with E-state index in [-0.39, 0.29) is 24.2 Å². The van der Waals surface area contributed by atoms with E-state index in [1.807, 2.05) is 65.0 Å². The van der Waals surface area contributed by atoms with Crippen LogP contribution < -0.4 is 0 Å². The van der Waals surface area contributed by atoms with Gasteiger partial charge in [0.15, 0.2) is 18.2 Å². The van der Waals surface area contributed by atoms with Crippen molar-refractivity contribution in [3.8, 4) is 0 Å². The quantitative estimate of drug-likeness (QED) is 0.0823. The lowest BCUT2D eigenvalue weighted by Crippen LogP contribution is -2.57. The molecule has 2 heterocycles. The number of fused-ring (bicyclic) bond motifs is 4. The molecule has 5 rings (SSSR count). The van der Waals surface area contributed by atoms with Crippen LogP contribution in [0.25, 0.3) is 0 Å². The molecule has 12 nitrogen and oxygen atoms in total. The van der Waals surface area contributed by atoms with Gasteiger partial charge in [-0.25, -0.2) is 4.79 Å². The molecule has 0 radical (unpaired) electrons. The normalized spacial score (nSPS) is 37.3. The fraction of sp³-hybridized carbons (Fsp3) is 0.636. The number of rotatable bonds is 11. The van der Waals surface area contributed by atoms with E-state index in [1.165, 1.54) is 13.8 Å². The number of allylic oxidation sites excluding steroid dienone is 7. The van der Waals surface area contributed by atoms with Crippen LogP contribution in [0.4, 0.5) is 0 Å². The first-order valence-electron chi connectivity index (χ1n) is 20.0. The van der Waals surface area contributed by atoms with Gasteiger partial charge in [0.25, 0.3) is 0 Å². The van der Waals surface area contributed by atoms with Crippen molar-refractivity contribution < 1.29 is 58.9 Å². The Balaban J connectivity index is 1.53. The molecule has 15 atom stereocenters. The van der Waals surface area contributed by atoms with Gasteiger partial charge in [-0.15, -0.1) is 0 Å². The SMILES string of the molecule is CC1=C[C@H]2[C@@H](CC[C@@H](C)[C@@H]2O[C@H]2O[C@@H](C)[C@H](O)C(=O)[C@@H]2O)[C@@H]2C(=O)OC(=O)C(C)=C3C[C@H](O)[C@@H](C)C3=C2[C@@H]1/C=C/C=C/C=C(\C)C[C@H](C)C[C@H](O)[C@@H](C)C(=O)O. The van der Waals surface area contributed by atoms with E-state index in [2.05, 4.69) is 6.08 Å². The van der Waals surface area contributed by atoms with Crippen LogP contribution in [-0.4, -0.2) is 92.1 Å². The zero-order valence-electron chi connectivity index (χ0n) is 33.8. The molecule has 3 fully saturated rings. The highest BCUT2D eigenvalue weighted by atomic mass is 16.7. The molecule has 0 aromatic rings. The molecule has 0 aromatic heterocycles. The number of carbonyl (C=O) groups excluding carboxylic acids is 3. The van der Waals surface area contributed by atoms with Gasteiger partial charge in [0, 0.05) is 23.3 Å². The minimum atomic E-state index is -1.70. The predicted octanol–water partition coefficient (Wildman–Crippen LogP) is 4.92. The van der Waals surface area contributed by atoms with Crippen LogP contribution in [0.5, 0.6) is 0 Å². The van der Waals surface area contributed by atoms with Gasteiger partial charge in [-0.05, 0) is 101 Å². The molecule has 0 bridgehead atoms. The zero-order valence-corrected chi connectivity index (χ0v) is 33.8. The lowest BCUT2D eigenvalue weighted by atomic mass is 9.65. The summed E-state index contributed by atoms with van der Waals surface area (Å²) in [5, 5.41) is 51.8. The minimum absolute atomic E-state index is 0.0685. The van der Waals surface area contributed by atoms with Gasteiger partial charge >= 0.3 is 17.9 Å². The summed E-state index contributed by atoms with van der Waals surface area (Å²) in [6.07, 6.45) is 6.63. The number of cyclic esters (lactones) is 2. The van der Waals surface area contributed by atoms with E-state index in [1.54, 1.807) is 6.92 Å². The first-order valence-corrected chi connectivity index (χ1v) is 20.0. The number of carboxylic acid groups (broad SMARTS) is 1. The summed E-state index contributed by atoms with van der Waals surface area (Å²) in [6.45, 7) is 14.6. The van der Waals surface area contributed by atoms with Gasteiger partial charge in [-0.3, -0.25) is 14.4 Å². The van der Waals surface area contributed by atoms with E-state index < -0.39 is 96.2 Å². The van der Waals surface area contributed by atoms with Crippen LogP contribution in [0, 0.1) is 47.3 Å². The molecular weight excluding hydrogens is 720 g/mol. The van der Waals surface area contributed by atoms with E-state index in [4.69, 9.17) is 14.2 Å². The molecule has 3 aliphatic carbocycles. The molecule has 0 spiro atoms. The van der Waals surface area contributed by atoms with Crippen LogP contribution in [0.2, 0.25) is 0 Å². The Bertz CT molecular complexity index is 1730. The average molecular weight is 781 g/mol. The van der Waals surface area contributed by atoms with Gasteiger partial charge < -0.3 is 39.7 Å². The average Bonchev–Trinajstić information content (AvgIpc) is 3.36. The van der Waals surface area contributed by atoms with Gasteiger partial charge in [0.05, 0.1) is 36.3 Å². The number of hydrogen-bond acceptors (Lipinski definition) is 11. The van der Waals surface area contributed by atoms with Crippen LogP contribution in [0.1, 0.15) is 87.5 Å². The second kappa shape index (κ2) is 18.0. The Morgan fingerprint density at radius 1 is 1.02 bits per heavy atom. The molecule has 5 N–H and O–H groups in total. The lowest BCUT2D eigenvalue weighted by molar-refractivity contribution is -0.274. The van der Waals surface area contributed by atoms with Gasteiger partial charge in [0.1, 0.15) is 6.10 Å². The maximum absolute atomic E-state index is 14.4. The second-order valence-corrected chi connectivity index (χ2v) is 17.0. The molecule has 0 aromatic carbocycles. The summed E-state index contributed by atoms with van der Waals surface area (Å²) < 4.78 is 17.9. The van der Waals surface area contributed by atoms with Gasteiger partial charge in [-0.2, -0.15) is 0 Å². The molecule has 2 saturated carbocycles. The van der Waals surface area contributed by atoms with E-state index in [0.29, 0.717) is 36.8 Å². The topological polar surface area (TPSA) is 197 Å². The molecule has 5 aliphatic rings. The molecule has 2 aliphatic heterocycles. The largest absolute Gasteiger partial charge is 0.481 e. The molecule has 1 saturated heterocycles. The highest BCUT2D eigenvalue weighted by molar-refractivity contribution is 5.99. The Morgan fingerprint density at radius 3 is 2.39 bits per heavy atom. The summed E-state index contributed by atoms with van der Waals surface area (Å²) >= 11 is 0. The first kappa shape index (κ1) is 43.6. The smallest absolute Gasteiger partial charge is 0.341 e. The zero-order chi connectivity index (χ0) is 41.3. The first-order chi connectivity index (χ1) is 26.3. The third-order valence-corrected chi connectivity index (χ3v) is 12.8. The van der Waals surface area contributed by atoms with Crippen molar-refractivity contribution in [2.75, 3.05) is 0 Å². The van der Waals surface area contributed by atoms with Crippen molar-refractivity contribution in [1.29, 1.82) is 0 Å². The van der Waals surface area contributed by atoms with Crippen LogP contribution in [0.15, 0.2) is 69.9 Å².